The molecule has 5 N–H and O–H groups in total. The lowest BCUT2D eigenvalue weighted by atomic mass is 9.87. The summed E-state index contributed by atoms with van der Waals surface area (Å²) in [6.45, 7) is 1.43. The van der Waals surface area contributed by atoms with Crippen LogP contribution in [-0.2, 0) is 19.8 Å². The van der Waals surface area contributed by atoms with Crippen molar-refractivity contribution < 1.29 is 36.3 Å². The molecule has 2 aromatic heterocycles. The Kier molecular flexibility index (Phi) is 5.85. The van der Waals surface area contributed by atoms with Crippen LogP contribution in [-0.4, -0.2) is 57.0 Å². The summed E-state index contributed by atoms with van der Waals surface area (Å²) in [5.41, 5.74) is 5.60. The van der Waals surface area contributed by atoms with Gasteiger partial charge in [0.2, 0.25) is 17.7 Å². The number of anilines is 2. The summed E-state index contributed by atoms with van der Waals surface area (Å²) in [6.07, 6.45) is -3.43. The van der Waals surface area contributed by atoms with Crippen molar-refractivity contribution in [3.8, 4) is 0 Å². The van der Waals surface area contributed by atoms with E-state index in [4.69, 9.17) is 23.1 Å². The Labute approximate surface area is 227 Å². The monoisotopic (exact) mass is 585 g/mol. The van der Waals surface area contributed by atoms with Crippen molar-refractivity contribution in [2.24, 2.45) is 16.9 Å². The number of nitrogens with one attached hydrogen (secondary N) is 1. The van der Waals surface area contributed by atoms with E-state index >= 15 is 0 Å². The Bertz CT molecular complexity index is 1560. The van der Waals surface area contributed by atoms with Gasteiger partial charge in [0.1, 0.15) is 10.8 Å². The highest BCUT2D eigenvalue weighted by atomic mass is 35.5. The molecule has 5 rings (SSSR count). The van der Waals surface area contributed by atoms with Gasteiger partial charge in [0.25, 0.3) is 5.92 Å². The number of hydrogen-bond donors (Lipinski definition) is 3. The van der Waals surface area contributed by atoms with E-state index in [0.29, 0.717) is 0 Å². The van der Waals surface area contributed by atoms with Crippen molar-refractivity contribution in [3.05, 3.63) is 52.9 Å². The van der Waals surface area contributed by atoms with Crippen LogP contribution in [0.4, 0.5) is 33.3 Å². The fourth-order valence-corrected chi connectivity index (χ4v) is 5.48. The molecule has 1 saturated carbocycles. The van der Waals surface area contributed by atoms with Gasteiger partial charge in [0.15, 0.2) is 16.8 Å². The van der Waals surface area contributed by atoms with Crippen LogP contribution in [0.2, 0.25) is 5.15 Å². The number of halogens is 6. The van der Waals surface area contributed by atoms with Gasteiger partial charge in [-0.3, -0.25) is 14.4 Å². The summed E-state index contributed by atoms with van der Waals surface area (Å²) < 4.78 is 74.0. The maximum absolute atomic E-state index is 15.0. The second-order valence-electron chi connectivity index (χ2n) is 10.2. The highest BCUT2D eigenvalue weighted by Crippen LogP contribution is 2.71. The highest BCUT2D eigenvalue weighted by Gasteiger charge is 2.82. The number of alkyl halides is 5. The van der Waals surface area contributed by atoms with E-state index in [2.05, 4.69) is 10.1 Å². The number of fused-ring (bicyclic) bond motifs is 3. The van der Waals surface area contributed by atoms with Gasteiger partial charge in [-0.25, -0.2) is 18.3 Å². The topological polar surface area (TPSA) is 149 Å². The predicted octanol–water partition coefficient (Wildman–Crippen LogP) is 2.55. The minimum Gasteiger partial charge on any atom is -0.367 e. The standard InChI is InChI=1S/C24H21ClF5N7O3/c1-21(24(28,29)30)9-36(12-8-33-14-7-13(25)35-37(14)17(12)21)11-5-3-10(4-6-11)16-22(2,23(16,26)27)20(40)34-15(18(31)38)19(32)39/h3-8,15-16H,9H2,1-2H3,(H2,31,38)(H2,32,39)(H,34,40)/t16-,21-,22+/m1/s1. The Balaban J connectivity index is 1.48. The fourth-order valence-electron chi connectivity index (χ4n) is 5.31. The van der Waals surface area contributed by atoms with Gasteiger partial charge in [0, 0.05) is 18.3 Å². The van der Waals surface area contributed by atoms with Gasteiger partial charge in [-0.1, -0.05) is 23.7 Å². The van der Waals surface area contributed by atoms with Gasteiger partial charge in [-0.05, 0) is 31.5 Å². The molecule has 212 valence electrons. The second-order valence-corrected chi connectivity index (χ2v) is 10.6. The van der Waals surface area contributed by atoms with E-state index in [-0.39, 0.29) is 33.4 Å². The lowest BCUT2D eigenvalue weighted by molar-refractivity contribution is -0.181. The number of carbonyl (C=O) groups is 3. The molecule has 0 unspecified atom stereocenters. The van der Waals surface area contributed by atoms with Crippen molar-refractivity contribution in [2.45, 2.75) is 43.3 Å². The third kappa shape index (κ3) is 3.70. The number of benzene rings is 1. The average molecular weight is 586 g/mol. The normalized spacial score (nSPS) is 25.2. The van der Waals surface area contributed by atoms with Crippen LogP contribution in [0.1, 0.15) is 31.0 Å². The van der Waals surface area contributed by atoms with Crippen molar-refractivity contribution in [3.63, 3.8) is 0 Å². The summed E-state index contributed by atoms with van der Waals surface area (Å²) in [7, 11) is 0. The fraction of sp³-hybridized carbons (Fsp3) is 0.375. The molecular formula is C24H21ClF5N7O3. The van der Waals surface area contributed by atoms with E-state index < -0.39 is 59.2 Å². The molecule has 0 radical (unpaired) electrons. The van der Waals surface area contributed by atoms with Gasteiger partial charge in [0.05, 0.1) is 23.5 Å². The number of carbonyl (C=O) groups excluding carboxylic acids is 3. The molecule has 1 aliphatic heterocycles. The minimum absolute atomic E-state index is 0.00605. The molecule has 3 heterocycles. The zero-order valence-corrected chi connectivity index (χ0v) is 21.5. The second kappa shape index (κ2) is 8.49. The summed E-state index contributed by atoms with van der Waals surface area (Å²) in [5.74, 6) is -9.17. The van der Waals surface area contributed by atoms with Crippen LogP contribution < -0.4 is 21.7 Å². The summed E-state index contributed by atoms with van der Waals surface area (Å²) >= 11 is 5.92. The molecule has 16 heteroatoms. The first kappa shape index (κ1) is 27.6. The first-order valence-corrected chi connectivity index (χ1v) is 12.1. The summed E-state index contributed by atoms with van der Waals surface area (Å²) in [6, 6.07) is 4.59. The zero-order valence-electron chi connectivity index (χ0n) is 20.8. The number of amides is 3. The third-order valence-electron chi connectivity index (χ3n) is 7.75. The van der Waals surface area contributed by atoms with Gasteiger partial charge >= 0.3 is 6.18 Å². The quantitative estimate of drug-likeness (QED) is 0.299. The Morgan fingerprint density at radius 2 is 1.73 bits per heavy atom. The van der Waals surface area contributed by atoms with Crippen LogP contribution in [0.25, 0.3) is 5.65 Å². The molecule has 0 saturated heterocycles. The number of nitrogens with two attached hydrogens (primary N) is 2. The van der Waals surface area contributed by atoms with Gasteiger partial charge < -0.3 is 21.7 Å². The smallest absolute Gasteiger partial charge is 0.367 e. The average Bonchev–Trinajstić information content (AvgIpc) is 3.13. The molecule has 1 fully saturated rings. The Morgan fingerprint density at radius 1 is 1.12 bits per heavy atom. The summed E-state index contributed by atoms with van der Waals surface area (Å²) in [5, 5.41) is 5.81. The Morgan fingerprint density at radius 3 is 2.27 bits per heavy atom. The first-order valence-electron chi connectivity index (χ1n) is 11.7. The molecule has 40 heavy (non-hydrogen) atoms. The lowest BCUT2D eigenvalue weighted by Crippen LogP contribution is -2.54. The lowest BCUT2D eigenvalue weighted by Gasteiger charge is -2.28. The molecule has 10 nitrogen and oxygen atoms in total. The molecule has 2 aliphatic rings. The SMILES string of the molecule is C[C@@]1(C(F)(F)F)CN(c2ccc([C@H]3C(F)(F)[C@]3(C)C(=O)NC(C(N)=O)C(N)=O)cc2)c2cnc3cc(Cl)nn3c21. The number of nitrogens with zero attached hydrogens (tertiary/aromatic N) is 4. The minimum atomic E-state index is -4.69. The summed E-state index contributed by atoms with van der Waals surface area (Å²) in [4.78, 5) is 41.0. The molecule has 3 amide bonds. The number of primary amides is 2. The first-order chi connectivity index (χ1) is 18.4. The Hall–Kier alpha value is -4.01. The molecule has 0 bridgehead atoms. The molecule has 3 atom stereocenters. The maximum Gasteiger partial charge on any atom is 0.401 e. The van der Waals surface area contributed by atoms with E-state index in [0.717, 1.165) is 18.4 Å². The third-order valence-corrected chi connectivity index (χ3v) is 7.94. The van der Waals surface area contributed by atoms with Crippen LogP contribution >= 0.6 is 11.6 Å². The van der Waals surface area contributed by atoms with Crippen molar-refractivity contribution in [2.75, 3.05) is 11.4 Å². The molecule has 1 aromatic carbocycles. The van der Waals surface area contributed by atoms with Gasteiger partial charge in [-0.2, -0.15) is 18.3 Å². The number of hydrogen-bond acceptors (Lipinski definition) is 6. The number of aromatic nitrogens is 3. The van der Waals surface area contributed by atoms with E-state index in [1.54, 1.807) is 0 Å². The van der Waals surface area contributed by atoms with Crippen LogP contribution in [0, 0.1) is 5.41 Å². The zero-order chi connectivity index (χ0) is 29.6. The van der Waals surface area contributed by atoms with Crippen LogP contribution in [0.3, 0.4) is 0 Å². The van der Waals surface area contributed by atoms with Crippen molar-refractivity contribution in [1.29, 1.82) is 0 Å². The molecule has 1 aliphatic carbocycles. The molecule has 3 aromatic rings. The van der Waals surface area contributed by atoms with E-state index in [9.17, 15) is 36.3 Å². The van der Waals surface area contributed by atoms with Crippen LogP contribution in [0.15, 0.2) is 36.5 Å². The maximum atomic E-state index is 15.0. The largest absolute Gasteiger partial charge is 0.401 e. The van der Waals surface area contributed by atoms with Crippen LogP contribution in [0.5, 0.6) is 0 Å². The number of rotatable bonds is 6. The molecule has 0 spiro atoms. The van der Waals surface area contributed by atoms with E-state index in [1.165, 1.54) is 41.4 Å². The predicted molar refractivity (Wildman–Crippen MR) is 131 cm³/mol. The highest BCUT2D eigenvalue weighted by molar-refractivity contribution is 6.29. The molecular weight excluding hydrogens is 565 g/mol. The van der Waals surface area contributed by atoms with Crippen molar-refractivity contribution >= 4 is 46.3 Å². The van der Waals surface area contributed by atoms with Crippen molar-refractivity contribution in [1.82, 2.24) is 19.9 Å². The van der Waals surface area contributed by atoms with E-state index in [1.807, 2.05) is 5.32 Å². The van der Waals surface area contributed by atoms with Gasteiger partial charge in [-0.15, -0.1) is 0 Å².